The van der Waals surface area contributed by atoms with E-state index in [1.807, 2.05) is 32.2 Å². The van der Waals surface area contributed by atoms with Crippen LogP contribution in [0.4, 0.5) is 0 Å². The predicted molar refractivity (Wildman–Crippen MR) is 56.7 cm³/mol. The Morgan fingerprint density at radius 1 is 1.36 bits per heavy atom. The quantitative estimate of drug-likeness (QED) is 0.512. The lowest BCUT2D eigenvalue weighted by Crippen LogP contribution is -2.33. The molecule has 3 nitrogen and oxygen atoms in total. The first-order valence-corrected chi connectivity index (χ1v) is 5.84. The van der Waals surface area contributed by atoms with Gasteiger partial charge in [0, 0.05) is 25.6 Å². The van der Waals surface area contributed by atoms with Gasteiger partial charge in [0.15, 0.2) is 9.52 Å². The summed E-state index contributed by atoms with van der Waals surface area (Å²) in [5, 5.41) is 1.17. The molecular formula is C10H15NO2Si. The van der Waals surface area contributed by atoms with Gasteiger partial charge in [-0.1, -0.05) is 6.07 Å². The predicted octanol–water partition coefficient (Wildman–Crippen LogP) is 0.768. The third-order valence-corrected chi connectivity index (χ3v) is 2.78. The van der Waals surface area contributed by atoms with Gasteiger partial charge in [0.1, 0.15) is 5.91 Å². The average molecular weight is 209 g/mol. The third kappa shape index (κ3) is 4.00. The van der Waals surface area contributed by atoms with Gasteiger partial charge in [-0.15, -0.1) is 0 Å². The van der Waals surface area contributed by atoms with Gasteiger partial charge in [-0.3, -0.25) is 4.98 Å². The molecule has 2 radical (unpaired) electrons. The van der Waals surface area contributed by atoms with Gasteiger partial charge in [0.2, 0.25) is 0 Å². The Morgan fingerprint density at radius 2 is 2.07 bits per heavy atom. The van der Waals surface area contributed by atoms with Crippen LogP contribution in [-0.2, 0) is 9.47 Å². The zero-order valence-corrected chi connectivity index (χ0v) is 9.56. The summed E-state index contributed by atoms with van der Waals surface area (Å²) in [6.07, 6.45) is 3.62. The molecule has 1 aromatic heterocycles. The van der Waals surface area contributed by atoms with Crippen molar-refractivity contribution in [3.63, 3.8) is 0 Å². The topological polar surface area (TPSA) is 31.4 Å². The fourth-order valence-corrected chi connectivity index (χ4v) is 2.13. The lowest BCUT2D eigenvalue weighted by Gasteiger charge is -2.15. The molecule has 0 aromatic carbocycles. The molecule has 0 bridgehead atoms. The van der Waals surface area contributed by atoms with Crippen LogP contribution in [0.3, 0.4) is 0 Å². The Hall–Kier alpha value is -0.713. The molecule has 0 atom stereocenters. The van der Waals surface area contributed by atoms with E-state index in [-0.39, 0.29) is 5.91 Å². The van der Waals surface area contributed by atoms with Crippen molar-refractivity contribution in [2.45, 2.75) is 19.8 Å². The van der Waals surface area contributed by atoms with Crippen LogP contribution in [0.5, 0.6) is 0 Å². The van der Waals surface area contributed by atoms with Crippen molar-refractivity contribution in [3.8, 4) is 0 Å². The third-order valence-electron chi connectivity index (χ3n) is 1.58. The number of pyridine rings is 1. The SMILES string of the molecule is CCOC(OCC)[Si]c1cccnc1. The Balaban J connectivity index is 2.46. The van der Waals surface area contributed by atoms with E-state index in [1.165, 1.54) is 5.19 Å². The molecule has 1 aromatic rings. The Bertz CT molecular complexity index is 237. The standard InChI is InChI=1S/C10H15NO2Si/c1-3-12-10(13-4-2)14-9-6-5-7-11-8-9/h5-8,10H,3-4H2,1-2H3. The smallest absolute Gasteiger partial charge is 0.159 e. The first kappa shape index (κ1) is 11.4. The summed E-state index contributed by atoms with van der Waals surface area (Å²) >= 11 is 0. The van der Waals surface area contributed by atoms with E-state index < -0.39 is 0 Å². The Labute approximate surface area is 87.3 Å². The first-order chi connectivity index (χ1) is 6.86. The summed E-state index contributed by atoms with van der Waals surface area (Å²) in [6, 6.07) is 3.97. The Kier molecular flexibility index (Phi) is 5.44. The van der Waals surface area contributed by atoms with E-state index in [2.05, 4.69) is 4.98 Å². The molecule has 0 unspecified atom stereocenters. The van der Waals surface area contributed by atoms with Gasteiger partial charge >= 0.3 is 0 Å². The monoisotopic (exact) mass is 209 g/mol. The summed E-state index contributed by atoms with van der Waals surface area (Å²) in [7, 11) is 0.502. The largest absolute Gasteiger partial charge is 0.357 e. The Morgan fingerprint density at radius 3 is 2.57 bits per heavy atom. The molecule has 0 aliphatic heterocycles. The van der Waals surface area contributed by atoms with Gasteiger partial charge in [-0.25, -0.2) is 0 Å². The lowest BCUT2D eigenvalue weighted by atomic mass is 10.5. The second-order valence-electron chi connectivity index (χ2n) is 2.63. The van der Waals surface area contributed by atoms with Crippen molar-refractivity contribution >= 4 is 14.7 Å². The van der Waals surface area contributed by atoms with Crippen LogP contribution >= 0.6 is 0 Å². The molecule has 0 fully saturated rings. The van der Waals surface area contributed by atoms with E-state index in [4.69, 9.17) is 9.47 Å². The van der Waals surface area contributed by atoms with Gasteiger partial charge in [0.25, 0.3) is 0 Å². The fourth-order valence-electron chi connectivity index (χ4n) is 1.02. The highest BCUT2D eigenvalue weighted by Crippen LogP contribution is 1.93. The molecule has 0 aliphatic carbocycles. The van der Waals surface area contributed by atoms with Crippen LogP contribution < -0.4 is 5.19 Å². The van der Waals surface area contributed by atoms with Gasteiger partial charge < -0.3 is 9.47 Å². The van der Waals surface area contributed by atoms with Crippen LogP contribution in [0, 0.1) is 0 Å². The maximum absolute atomic E-state index is 5.45. The number of nitrogens with zero attached hydrogens (tertiary/aromatic N) is 1. The molecule has 0 saturated carbocycles. The molecule has 4 heteroatoms. The molecule has 76 valence electrons. The van der Waals surface area contributed by atoms with Gasteiger partial charge in [-0.2, -0.15) is 0 Å². The minimum absolute atomic E-state index is 0.116. The molecule has 0 amide bonds. The summed E-state index contributed by atoms with van der Waals surface area (Å²) < 4.78 is 10.9. The van der Waals surface area contributed by atoms with E-state index >= 15 is 0 Å². The molecular weight excluding hydrogens is 194 g/mol. The summed E-state index contributed by atoms with van der Waals surface area (Å²) in [5.74, 6) is -0.116. The number of hydrogen-bond donors (Lipinski definition) is 0. The fraction of sp³-hybridized carbons (Fsp3) is 0.500. The van der Waals surface area contributed by atoms with Crippen molar-refractivity contribution in [3.05, 3.63) is 24.5 Å². The lowest BCUT2D eigenvalue weighted by molar-refractivity contribution is -0.0817. The highest BCUT2D eigenvalue weighted by Gasteiger charge is 2.10. The summed E-state index contributed by atoms with van der Waals surface area (Å²) in [5.41, 5.74) is 0. The highest BCUT2D eigenvalue weighted by atomic mass is 28.2. The normalized spacial score (nSPS) is 10.8. The van der Waals surface area contributed by atoms with E-state index in [1.54, 1.807) is 6.20 Å². The van der Waals surface area contributed by atoms with Gasteiger partial charge in [-0.05, 0) is 25.1 Å². The van der Waals surface area contributed by atoms with Crippen LogP contribution in [0.15, 0.2) is 24.5 Å². The van der Waals surface area contributed by atoms with Crippen LogP contribution in [0.1, 0.15) is 13.8 Å². The number of rotatable bonds is 6. The summed E-state index contributed by atoms with van der Waals surface area (Å²) in [6.45, 7) is 5.30. The van der Waals surface area contributed by atoms with Crippen molar-refractivity contribution in [1.82, 2.24) is 4.98 Å². The van der Waals surface area contributed by atoms with Crippen molar-refractivity contribution in [2.24, 2.45) is 0 Å². The zero-order chi connectivity index (χ0) is 10.2. The molecule has 0 spiro atoms. The summed E-state index contributed by atoms with van der Waals surface area (Å²) in [4.78, 5) is 4.05. The van der Waals surface area contributed by atoms with E-state index in [0.717, 1.165) is 0 Å². The van der Waals surface area contributed by atoms with Crippen molar-refractivity contribution < 1.29 is 9.47 Å². The maximum Gasteiger partial charge on any atom is 0.159 e. The molecule has 1 rings (SSSR count). The molecule has 1 heterocycles. The van der Waals surface area contributed by atoms with Crippen molar-refractivity contribution in [2.75, 3.05) is 13.2 Å². The molecule has 14 heavy (non-hydrogen) atoms. The maximum atomic E-state index is 5.45. The van der Waals surface area contributed by atoms with E-state index in [9.17, 15) is 0 Å². The average Bonchev–Trinajstić information content (AvgIpc) is 2.20. The van der Waals surface area contributed by atoms with Crippen molar-refractivity contribution in [1.29, 1.82) is 0 Å². The minimum atomic E-state index is -0.116. The highest BCUT2D eigenvalue weighted by molar-refractivity contribution is 6.54. The van der Waals surface area contributed by atoms with Crippen LogP contribution in [0.2, 0.25) is 0 Å². The zero-order valence-electron chi connectivity index (χ0n) is 8.56. The second kappa shape index (κ2) is 6.70. The first-order valence-electron chi connectivity index (χ1n) is 4.76. The number of hydrogen-bond acceptors (Lipinski definition) is 3. The number of ether oxygens (including phenoxy) is 2. The number of aromatic nitrogens is 1. The van der Waals surface area contributed by atoms with Gasteiger partial charge in [0.05, 0.1) is 0 Å². The molecule has 0 N–H and O–H groups in total. The van der Waals surface area contributed by atoms with E-state index in [0.29, 0.717) is 22.7 Å². The second-order valence-corrected chi connectivity index (χ2v) is 3.97. The minimum Gasteiger partial charge on any atom is -0.357 e. The molecule has 0 saturated heterocycles. The van der Waals surface area contributed by atoms with Crippen LogP contribution in [0.25, 0.3) is 0 Å². The molecule has 0 aliphatic rings. The van der Waals surface area contributed by atoms with Crippen LogP contribution in [-0.4, -0.2) is 33.6 Å².